The fourth-order valence-electron chi connectivity index (χ4n) is 1.69. The molecule has 106 valence electrons. The Morgan fingerprint density at radius 1 is 1.30 bits per heavy atom. The van der Waals surface area contributed by atoms with E-state index in [-0.39, 0.29) is 23.2 Å². The number of carboxylic acid groups (broad SMARTS) is 1. The van der Waals surface area contributed by atoms with Gasteiger partial charge in [-0.25, -0.2) is 4.79 Å². The molecule has 1 aromatic carbocycles. The highest BCUT2D eigenvalue weighted by atomic mass is 32.1. The van der Waals surface area contributed by atoms with E-state index in [1.807, 2.05) is 13.8 Å². The molecule has 1 aromatic heterocycles. The largest absolute Gasteiger partial charge is 0.508 e. The van der Waals surface area contributed by atoms with Gasteiger partial charge in [0.15, 0.2) is 4.88 Å². The van der Waals surface area contributed by atoms with Gasteiger partial charge in [-0.2, -0.15) is 0 Å². The molecule has 0 saturated carbocycles. The van der Waals surface area contributed by atoms with E-state index in [9.17, 15) is 15.0 Å². The van der Waals surface area contributed by atoms with Gasteiger partial charge in [0.2, 0.25) is 0 Å². The van der Waals surface area contributed by atoms with Crippen LogP contribution in [-0.4, -0.2) is 16.2 Å². The fraction of sp³-hybridized carbons (Fsp3) is 0.267. The first-order chi connectivity index (χ1) is 9.47. The third kappa shape index (κ3) is 3.30. The van der Waals surface area contributed by atoms with Gasteiger partial charge in [-0.1, -0.05) is 26.0 Å². The molecule has 0 spiro atoms. The van der Waals surface area contributed by atoms with Crippen molar-refractivity contribution in [1.29, 1.82) is 0 Å². The van der Waals surface area contributed by atoms with Gasteiger partial charge in [0.05, 0.1) is 0 Å². The quantitative estimate of drug-likeness (QED) is 0.878. The van der Waals surface area contributed by atoms with Crippen LogP contribution in [-0.2, 0) is 6.61 Å². The number of hydrogen-bond donors (Lipinski definition) is 2. The maximum absolute atomic E-state index is 11.2. The number of rotatable bonds is 5. The Bertz CT molecular complexity index is 599. The van der Waals surface area contributed by atoms with Gasteiger partial charge in [-0.15, -0.1) is 11.3 Å². The van der Waals surface area contributed by atoms with E-state index in [1.165, 1.54) is 11.3 Å². The summed E-state index contributed by atoms with van der Waals surface area (Å²) in [6, 6.07) is 8.42. The smallest absolute Gasteiger partial charge is 0.349 e. The molecule has 2 N–H and O–H groups in total. The van der Waals surface area contributed by atoms with Crippen molar-refractivity contribution in [3.8, 4) is 11.5 Å². The number of phenolic OH excluding ortho intramolecular Hbond substituents is 1. The predicted octanol–water partition coefficient (Wildman–Crippen LogP) is 3.85. The molecule has 5 heteroatoms. The molecule has 0 amide bonds. The van der Waals surface area contributed by atoms with Crippen molar-refractivity contribution in [1.82, 2.24) is 0 Å². The van der Waals surface area contributed by atoms with Crippen LogP contribution in [0.3, 0.4) is 0 Å². The average Bonchev–Trinajstić information content (AvgIpc) is 2.82. The van der Waals surface area contributed by atoms with Crippen LogP contribution in [0.15, 0.2) is 30.3 Å². The van der Waals surface area contributed by atoms with Crippen molar-refractivity contribution in [3.05, 3.63) is 45.6 Å². The number of ether oxygens (including phenoxy) is 1. The van der Waals surface area contributed by atoms with Crippen LogP contribution in [0.4, 0.5) is 0 Å². The molecule has 0 saturated heterocycles. The summed E-state index contributed by atoms with van der Waals surface area (Å²) in [5, 5.41) is 18.4. The van der Waals surface area contributed by atoms with Gasteiger partial charge in [0, 0.05) is 4.88 Å². The van der Waals surface area contributed by atoms with E-state index >= 15 is 0 Å². The highest BCUT2D eigenvalue weighted by Gasteiger charge is 2.18. The van der Waals surface area contributed by atoms with E-state index < -0.39 is 5.97 Å². The van der Waals surface area contributed by atoms with Gasteiger partial charge in [-0.05, 0) is 29.7 Å². The van der Waals surface area contributed by atoms with E-state index in [1.54, 1.807) is 30.3 Å². The van der Waals surface area contributed by atoms with Crippen LogP contribution in [0, 0.1) is 0 Å². The summed E-state index contributed by atoms with van der Waals surface area (Å²) in [6.45, 7) is 4.30. The molecule has 4 nitrogen and oxygen atoms in total. The first-order valence-electron chi connectivity index (χ1n) is 6.25. The summed E-state index contributed by atoms with van der Waals surface area (Å²) in [4.78, 5) is 12.4. The Morgan fingerprint density at radius 3 is 2.50 bits per heavy atom. The Kier molecular flexibility index (Phi) is 4.29. The lowest BCUT2D eigenvalue weighted by molar-refractivity contribution is 0.0697. The van der Waals surface area contributed by atoms with Crippen molar-refractivity contribution in [3.63, 3.8) is 0 Å². The van der Waals surface area contributed by atoms with Crippen molar-refractivity contribution < 1.29 is 19.7 Å². The van der Waals surface area contributed by atoms with Gasteiger partial charge >= 0.3 is 5.97 Å². The molecular weight excluding hydrogens is 276 g/mol. The summed E-state index contributed by atoms with van der Waals surface area (Å²) in [6.07, 6.45) is 0. The zero-order chi connectivity index (χ0) is 14.7. The summed E-state index contributed by atoms with van der Waals surface area (Å²) >= 11 is 1.25. The van der Waals surface area contributed by atoms with Crippen LogP contribution in [0.2, 0.25) is 0 Å². The lowest BCUT2D eigenvalue weighted by atomic mass is 10.2. The van der Waals surface area contributed by atoms with Gasteiger partial charge in [0.1, 0.15) is 18.1 Å². The van der Waals surface area contributed by atoms with Gasteiger partial charge in [0.25, 0.3) is 0 Å². The standard InChI is InChI=1S/C15H16O4S/c1-9(2)13-7-12(14(20-13)15(17)18)19-8-10-3-5-11(16)6-4-10/h3-7,9,16H,8H2,1-2H3,(H,17,18). The van der Waals surface area contributed by atoms with E-state index in [0.29, 0.717) is 5.75 Å². The first kappa shape index (κ1) is 14.4. The lowest BCUT2D eigenvalue weighted by Crippen LogP contribution is -1.99. The number of hydrogen-bond acceptors (Lipinski definition) is 4. The fourth-order valence-corrected chi connectivity index (χ4v) is 2.63. The molecule has 1 heterocycles. The third-order valence-electron chi connectivity index (χ3n) is 2.81. The second-order valence-electron chi connectivity index (χ2n) is 4.76. The van der Waals surface area contributed by atoms with Crippen molar-refractivity contribution in [2.75, 3.05) is 0 Å². The Morgan fingerprint density at radius 2 is 1.95 bits per heavy atom. The second-order valence-corrected chi connectivity index (χ2v) is 5.84. The number of aromatic hydroxyl groups is 1. The number of phenols is 1. The molecule has 0 aliphatic rings. The molecule has 0 atom stereocenters. The summed E-state index contributed by atoms with van der Waals surface area (Å²) < 4.78 is 5.60. The molecular formula is C15H16O4S. The molecule has 0 aliphatic carbocycles. The molecule has 0 fully saturated rings. The summed E-state index contributed by atoms with van der Waals surface area (Å²) in [5.41, 5.74) is 0.872. The zero-order valence-corrected chi connectivity index (χ0v) is 12.1. The normalized spacial score (nSPS) is 10.8. The van der Waals surface area contributed by atoms with Crippen molar-refractivity contribution >= 4 is 17.3 Å². The number of carbonyl (C=O) groups is 1. The Labute approximate surface area is 121 Å². The number of benzene rings is 1. The average molecular weight is 292 g/mol. The minimum Gasteiger partial charge on any atom is -0.508 e. The topological polar surface area (TPSA) is 66.8 Å². The third-order valence-corrected chi connectivity index (χ3v) is 4.22. The molecule has 0 aliphatic heterocycles. The Hall–Kier alpha value is -2.01. The van der Waals surface area contributed by atoms with Crippen LogP contribution in [0.25, 0.3) is 0 Å². The highest BCUT2D eigenvalue weighted by molar-refractivity contribution is 7.14. The second kappa shape index (κ2) is 5.96. The zero-order valence-electron chi connectivity index (χ0n) is 11.3. The lowest BCUT2D eigenvalue weighted by Gasteiger charge is -2.05. The molecule has 2 rings (SSSR count). The number of aromatic carboxylic acids is 1. The van der Waals surface area contributed by atoms with Gasteiger partial charge < -0.3 is 14.9 Å². The maximum atomic E-state index is 11.2. The van der Waals surface area contributed by atoms with Crippen molar-refractivity contribution in [2.45, 2.75) is 26.4 Å². The van der Waals surface area contributed by atoms with Crippen LogP contribution in [0.5, 0.6) is 11.5 Å². The van der Waals surface area contributed by atoms with Crippen LogP contribution < -0.4 is 4.74 Å². The molecule has 0 unspecified atom stereocenters. The molecule has 0 bridgehead atoms. The van der Waals surface area contributed by atoms with Gasteiger partial charge in [-0.3, -0.25) is 0 Å². The SMILES string of the molecule is CC(C)c1cc(OCc2ccc(O)cc2)c(C(=O)O)s1. The maximum Gasteiger partial charge on any atom is 0.349 e. The molecule has 2 aromatic rings. The molecule has 20 heavy (non-hydrogen) atoms. The monoisotopic (exact) mass is 292 g/mol. The van der Waals surface area contributed by atoms with E-state index in [2.05, 4.69) is 0 Å². The highest BCUT2D eigenvalue weighted by Crippen LogP contribution is 2.34. The summed E-state index contributed by atoms with van der Waals surface area (Å²) in [7, 11) is 0. The number of carboxylic acids is 1. The minimum absolute atomic E-state index is 0.192. The van der Waals surface area contributed by atoms with E-state index in [0.717, 1.165) is 10.4 Å². The van der Waals surface area contributed by atoms with Crippen LogP contribution in [0.1, 0.15) is 39.9 Å². The van der Waals surface area contributed by atoms with Crippen LogP contribution >= 0.6 is 11.3 Å². The van der Waals surface area contributed by atoms with Crippen molar-refractivity contribution in [2.24, 2.45) is 0 Å². The Balaban J connectivity index is 2.15. The predicted molar refractivity (Wildman–Crippen MR) is 77.8 cm³/mol. The minimum atomic E-state index is -0.970. The number of thiophene rings is 1. The summed E-state index contributed by atoms with van der Waals surface area (Å²) in [5.74, 6) is -0.108. The van der Waals surface area contributed by atoms with E-state index in [4.69, 9.17) is 4.74 Å². The first-order valence-corrected chi connectivity index (χ1v) is 7.06. The molecule has 0 radical (unpaired) electrons.